The molecule has 3 rings (SSSR count). The molecule has 31 heavy (non-hydrogen) atoms. The van der Waals surface area contributed by atoms with Crippen LogP contribution in [0.1, 0.15) is 55.7 Å². The maximum Gasteiger partial charge on any atom is 0.261 e. The van der Waals surface area contributed by atoms with Crippen molar-refractivity contribution in [3.63, 3.8) is 0 Å². The van der Waals surface area contributed by atoms with Crippen molar-refractivity contribution in [1.82, 2.24) is 10.2 Å². The monoisotopic (exact) mass is 422 g/mol. The second kappa shape index (κ2) is 11.0. The Morgan fingerprint density at radius 2 is 1.77 bits per heavy atom. The second-order valence-corrected chi connectivity index (χ2v) is 8.46. The zero-order chi connectivity index (χ0) is 22.2. The van der Waals surface area contributed by atoms with Crippen LogP contribution < -0.4 is 10.1 Å². The fraction of sp³-hybridized carbons (Fsp3) is 0.462. The van der Waals surface area contributed by atoms with Crippen LogP contribution in [-0.4, -0.2) is 35.4 Å². The lowest BCUT2D eigenvalue weighted by atomic mass is 10.1. The number of carbonyl (C=O) groups is 2. The smallest absolute Gasteiger partial charge is 0.261 e. The fourth-order valence-electron chi connectivity index (χ4n) is 4.10. The van der Waals surface area contributed by atoms with Gasteiger partial charge in [-0.15, -0.1) is 0 Å². The van der Waals surface area contributed by atoms with Gasteiger partial charge in [-0.3, -0.25) is 9.59 Å². The third kappa shape index (κ3) is 6.33. The highest BCUT2D eigenvalue weighted by atomic mass is 16.5. The Kier molecular flexibility index (Phi) is 8.10. The average Bonchev–Trinajstić information content (AvgIpc) is 3.28. The summed E-state index contributed by atoms with van der Waals surface area (Å²) in [5.41, 5.74) is 3.29. The Labute approximate surface area is 185 Å². The van der Waals surface area contributed by atoms with E-state index in [4.69, 9.17) is 4.74 Å². The molecule has 2 amide bonds. The van der Waals surface area contributed by atoms with Crippen LogP contribution in [0.4, 0.5) is 0 Å². The number of amides is 2. The van der Waals surface area contributed by atoms with Gasteiger partial charge >= 0.3 is 0 Å². The Bertz CT molecular complexity index is 875. The first-order valence-corrected chi connectivity index (χ1v) is 11.3. The summed E-state index contributed by atoms with van der Waals surface area (Å²) in [7, 11) is 0. The first-order chi connectivity index (χ1) is 15.0. The quantitative estimate of drug-likeness (QED) is 0.645. The van der Waals surface area contributed by atoms with E-state index >= 15 is 0 Å². The summed E-state index contributed by atoms with van der Waals surface area (Å²) in [6, 6.07) is 15.3. The van der Waals surface area contributed by atoms with Crippen LogP contribution in [0.5, 0.6) is 5.75 Å². The summed E-state index contributed by atoms with van der Waals surface area (Å²) in [4.78, 5) is 28.0. The lowest BCUT2D eigenvalue weighted by Crippen LogP contribution is -2.52. The Hall–Kier alpha value is -2.82. The summed E-state index contributed by atoms with van der Waals surface area (Å²) in [6.07, 6.45) is 4.90. The van der Waals surface area contributed by atoms with Crippen molar-refractivity contribution >= 4 is 11.8 Å². The maximum absolute atomic E-state index is 13.2. The zero-order valence-electron chi connectivity index (χ0n) is 18.9. The SMILES string of the molecule is CCC(C(=O)NC1CCCC1)N(Cc1ccccc1)C(=O)COc1ccc(C)c(C)c1. The second-order valence-electron chi connectivity index (χ2n) is 8.46. The van der Waals surface area contributed by atoms with Crippen LogP contribution in [-0.2, 0) is 16.1 Å². The highest BCUT2D eigenvalue weighted by Crippen LogP contribution is 2.20. The topological polar surface area (TPSA) is 58.6 Å². The normalized spacial score (nSPS) is 14.8. The third-order valence-corrected chi connectivity index (χ3v) is 6.12. The molecule has 5 nitrogen and oxygen atoms in total. The minimum atomic E-state index is -0.517. The van der Waals surface area contributed by atoms with Gasteiger partial charge in [-0.1, -0.05) is 56.2 Å². The number of hydrogen-bond acceptors (Lipinski definition) is 3. The molecule has 5 heteroatoms. The summed E-state index contributed by atoms with van der Waals surface area (Å²) >= 11 is 0. The molecule has 1 aliphatic rings. The van der Waals surface area contributed by atoms with Crippen LogP contribution in [0.3, 0.4) is 0 Å². The third-order valence-electron chi connectivity index (χ3n) is 6.12. The number of nitrogens with one attached hydrogen (secondary N) is 1. The van der Waals surface area contributed by atoms with Crippen molar-refractivity contribution in [1.29, 1.82) is 0 Å². The molecule has 2 aromatic carbocycles. The van der Waals surface area contributed by atoms with E-state index in [0.717, 1.165) is 36.8 Å². The van der Waals surface area contributed by atoms with Gasteiger partial charge in [0.1, 0.15) is 11.8 Å². The van der Waals surface area contributed by atoms with Crippen LogP contribution >= 0.6 is 0 Å². The molecule has 0 bridgehead atoms. The molecule has 0 aliphatic heterocycles. The Balaban J connectivity index is 1.73. The minimum Gasteiger partial charge on any atom is -0.484 e. The molecule has 1 saturated carbocycles. The van der Waals surface area contributed by atoms with Gasteiger partial charge in [0.15, 0.2) is 6.61 Å². The molecule has 0 saturated heterocycles. The van der Waals surface area contributed by atoms with Crippen molar-refractivity contribution in [2.75, 3.05) is 6.61 Å². The van der Waals surface area contributed by atoms with Gasteiger partial charge in [0.2, 0.25) is 5.91 Å². The molecule has 0 spiro atoms. The highest BCUT2D eigenvalue weighted by Gasteiger charge is 2.30. The summed E-state index contributed by atoms with van der Waals surface area (Å²) in [5.74, 6) is 0.417. The number of nitrogens with zero attached hydrogens (tertiary/aromatic N) is 1. The average molecular weight is 423 g/mol. The number of aryl methyl sites for hydroxylation is 2. The number of carbonyl (C=O) groups excluding carboxylic acids is 2. The fourth-order valence-corrected chi connectivity index (χ4v) is 4.10. The summed E-state index contributed by atoms with van der Waals surface area (Å²) in [5, 5.41) is 3.16. The van der Waals surface area contributed by atoms with E-state index < -0.39 is 6.04 Å². The molecule has 0 heterocycles. The number of hydrogen-bond donors (Lipinski definition) is 1. The standard InChI is InChI=1S/C26H34N2O3/c1-4-24(26(30)27-22-12-8-9-13-22)28(17-21-10-6-5-7-11-21)25(29)18-31-23-15-14-19(2)20(3)16-23/h5-7,10-11,14-16,22,24H,4,8-9,12-13,17-18H2,1-3H3,(H,27,30). The molecular weight excluding hydrogens is 388 g/mol. The number of benzene rings is 2. The van der Waals surface area contributed by atoms with Gasteiger partial charge in [0.25, 0.3) is 5.91 Å². The Morgan fingerprint density at radius 3 is 2.42 bits per heavy atom. The van der Waals surface area contributed by atoms with E-state index in [0.29, 0.717) is 18.7 Å². The summed E-state index contributed by atoms with van der Waals surface area (Å²) in [6.45, 7) is 6.30. The van der Waals surface area contributed by atoms with E-state index in [2.05, 4.69) is 5.32 Å². The van der Waals surface area contributed by atoms with Gasteiger partial charge < -0.3 is 15.0 Å². The zero-order valence-corrected chi connectivity index (χ0v) is 18.9. The molecule has 166 valence electrons. The summed E-state index contributed by atoms with van der Waals surface area (Å²) < 4.78 is 5.81. The predicted molar refractivity (Wildman–Crippen MR) is 123 cm³/mol. The van der Waals surface area contributed by atoms with Crippen LogP contribution in [0, 0.1) is 13.8 Å². The molecule has 2 aromatic rings. The minimum absolute atomic E-state index is 0.0649. The van der Waals surface area contributed by atoms with Gasteiger partial charge in [0, 0.05) is 12.6 Å². The largest absolute Gasteiger partial charge is 0.484 e. The first-order valence-electron chi connectivity index (χ1n) is 11.3. The van der Waals surface area contributed by atoms with E-state index in [-0.39, 0.29) is 24.5 Å². The van der Waals surface area contributed by atoms with Crippen molar-refractivity contribution < 1.29 is 14.3 Å². The van der Waals surface area contributed by atoms with Crippen LogP contribution in [0.15, 0.2) is 48.5 Å². The highest BCUT2D eigenvalue weighted by molar-refractivity contribution is 5.88. The Morgan fingerprint density at radius 1 is 1.06 bits per heavy atom. The van der Waals surface area contributed by atoms with Crippen molar-refractivity contribution in [3.05, 3.63) is 65.2 Å². The first kappa shape index (κ1) is 22.9. The predicted octanol–water partition coefficient (Wildman–Crippen LogP) is 4.55. The van der Waals surface area contributed by atoms with E-state index in [1.165, 1.54) is 5.56 Å². The molecule has 0 radical (unpaired) electrons. The molecular formula is C26H34N2O3. The van der Waals surface area contributed by atoms with Gasteiger partial charge in [-0.2, -0.15) is 0 Å². The lowest BCUT2D eigenvalue weighted by Gasteiger charge is -2.31. The van der Waals surface area contributed by atoms with E-state index in [1.54, 1.807) is 4.90 Å². The van der Waals surface area contributed by atoms with Gasteiger partial charge in [0.05, 0.1) is 0 Å². The van der Waals surface area contributed by atoms with E-state index in [9.17, 15) is 9.59 Å². The van der Waals surface area contributed by atoms with Crippen LogP contribution in [0.25, 0.3) is 0 Å². The van der Waals surface area contributed by atoms with Crippen molar-refractivity contribution in [3.8, 4) is 5.75 Å². The lowest BCUT2D eigenvalue weighted by molar-refractivity contribution is -0.143. The molecule has 1 atom stereocenters. The van der Waals surface area contributed by atoms with Crippen molar-refractivity contribution in [2.24, 2.45) is 0 Å². The molecule has 0 aromatic heterocycles. The van der Waals surface area contributed by atoms with E-state index in [1.807, 2.05) is 69.3 Å². The van der Waals surface area contributed by atoms with Gasteiger partial charge in [-0.25, -0.2) is 0 Å². The van der Waals surface area contributed by atoms with Crippen molar-refractivity contribution in [2.45, 2.75) is 71.5 Å². The molecule has 1 fully saturated rings. The molecule has 1 unspecified atom stereocenters. The number of ether oxygens (including phenoxy) is 1. The van der Waals surface area contributed by atoms with Crippen LogP contribution in [0.2, 0.25) is 0 Å². The molecule has 1 aliphatic carbocycles. The maximum atomic E-state index is 13.2. The van der Waals surface area contributed by atoms with Gasteiger partial charge in [-0.05, 0) is 61.9 Å². The number of rotatable bonds is 9. The molecule has 1 N–H and O–H groups in total.